The van der Waals surface area contributed by atoms with E-state index in [4.69, 9.17) is 11.6 Å². The molecule has 0 fully saturated rings. The quantitative estimate of drug-likeness (QED) is 0.711. The number of carbonyl (C=O) groups excluding carboxylic acids is 1. The summed E-state index contributed by atoms with van der Waals surface area (Å²) in [6.45, 7) is 3.91. The van der Waals surface area contributed by atoms with Gasteiger partial charge in [-0.1, -0.05) is 35.9 Å². The number of benzene rings is 2. The molecule has 25 heavy (non-hydrogen) atoms. The fraction of sp³-hybridized carbons (Fsp3) is 0.105. The maximum Gasteiger partial charge on any atom is 0.258 e. The first-order valence-corrected chi connectivity index (χ1v) is 8.13. The maximum absolute atomic E-state index is 12.4. The molecule has 0 saturated heterocycles. The Balaban J connectivity index is 1.72. The van der Waals surface area contributed by atoms with Crippen LogP contribution in [0.25, 0.3) is 0 Å². The lowest BCUT2D eigenvalue weighted by molar-refractivity contribution is 0.102. The van der Waals surface area contributed by atoms with E-state index in [9.17, 15) is 4.79 Å². The SMILES string of the molecule is Cc1cccc(C)c1NC(=O)c1cnc(Nc2cccc(Cl)c2)nc1. The highest BCUT2D eigenvalue weighted by Gasteiger charge is 2.11. The molecule has 3 aromatic rings. The van der Waals surface area contributed by atoms with Crippen LogP contribution < -0.4 is 10.6 Å². The Morgan fingerprint density at radius 1 is 1.00 bits per heavy atom. The van der Waals surface area contributed by atoms with Crippen LogP contribution in [0, 0.1) is 13.8 Å². The van der Waals surface area contributed by atoms with E-state index in [1.54, 1.807) is 12.1 Å². The standard InChI is InChI=1S/C19H17ClN4O/c1-12-5-3-6-13(2)17(12)24-18(25)14-10-21-19(22-11-14)23-16-8-4-7-15(20)9-16/h3-11H,1-2H3,(H,24,25)(H,21,22,23). The van der Waals surface area contributed by atoms with Gasteiger partial charge in [0, 0.05) is 28.8 Å². The molecule has 1 amide bonds. The molecule has 0 saturated carbocycles. The van der Waals surface area contributed by atoms with Gasteiger partial charge in [0.1, 0.15) is 0 Å². The van der Waals surface area contributed by atoms with Crippen LogP contribution in [-0.4, -0.2) is 15.9 Å². The van der Waals surface area contributed by atoms with Crippen LogP contribution in [0.2, 0.25) is 5.02 Å². The van der Waals surface area contributed by atoms with Crippen molar-refractivity contribution in [3.8, 4) is 0 Å². The Kier molecular flexibility index (Phi) is 4.95. The molecule has 126 valence electrons. The first kappa shape index (κ1) is 16.9. The number of rotatable bonds is 4. The fourth-order valence-corrected chi connectivity index (χ4v) is 2.59. The summed E-state index contributed by atoms with van der Waals surface area (Å²) in [6.07, 6.45) is 2.98. The third kappa shape index (κ3) is 4.14. The van der Waals surface area contributed by atoms with Crippen LogP contribution in [0.1, 0.15) is 21.5 Å². The molecule has 0 radical (unpaired) electrons. The molecule has 2 N–H and O–H groups in total. The summed E-state index contributed by atoms with van der Waals surface area (Å²) >= 11 is 5.95. The average molecular weight is 353 g/mol. The van der Waals surface area contributed by atoms with E-state index in [0.717, 1.165) is 22.5 Å². The van der Waals surface area contributed by atoms with E-state index in [1.165, 1.54) is 12.4 Å². The van der Waals surface area contributed by atoms with E-state index >= 15 is 0 Å². The topological polar surface area (TPSA) is 66.9 Å². The first-order valence-electron chi connectivity index (χ1n) is 7.75. The Morgan fingerprint density at radius 3 is 2.28 bits per heavy atom. The zero-order chi connectivity index (χ0) is 17.8. The predicted molar refractivity (Wildman–Crippen MR) is 101 cm³/mol. The molecule has 0 aliphatic heterocycles. The van der Waals surface area contributed by atoms with Crippen LogP contribution in [-0.2, 0) is 0 Å². The maximum atomic E-state index is 12.4. The van der Waals surface area contributed by atoms with Crippen molar-refractivity contribution in [1.29, 1.82) is 0 Å². The van der Waals surface area contributed by atoms with Gasteiger partial charge in [-0.2, -0.15) is 0 Å². The number of aromatic nitrogens is 2. The number of nitrogens with zero attached hydrogens (tertiary/aromatic N) is 2. The van der Waals surface area contributed by atoms with Gasteiger partial charge in [0.2, 0.25) is 5.95 Å². The summed E-state index contributed by atoms with van der Waals surface area (Å²) in [5.41, 5.74) is 4.00. The minimum Gasteiger partial charge on any atom is -0.324 e. The van der Waals surface area contributed by atoms with Gasteiger partial charge in [-0.25, -0.2) is 9.97 Å². The molecule has 5 nitrogen and oxygen atoms in total. The predicted octanol–water partition coefficient (Wildman–Crippen LogP) is 4.74. The van der Waals surface area contributed by atoms with Crippen molar-refractivity contribution in [3.63, 3.8) is 0 Å². The molecule has 0 unspecified atom stereocenters. The monoisotopic (exact) mass is 352 g/mol. The summed E-state index contributed by atoms with van der Waals surface area (Å²) in [5.74, 6) is 0.151. The molecule has 0 atom stereocenters. The third-order valence-electron chi connectivity index (χ3n) is 3.71. The second-order valence-electron chi connectivity index (χ2n) is 5.65. The van der Waals surface area contributed by atoms with Crippen LogP contribution in [0.4, 0.5) is 17.3 Å². The van der Waals surface area contributed by atoms with Gasteiger partial charge in [-0.15, -0.1) is 0 Å². The van der Waals surface area contributed by atoms with Crippen molar-refractivity contribution in [2.45, 2.75) is 13.8 Å². The fourth-order valence-electron chi connectivity index (χ4n) is 2.40. The van der Waals surface area contributed by atoms with Gasteiger partial charge < -0.3 is 10.6 Å². The smallest absolute Gasteiger partial charge is 0.258 e. The summed E-state index contributed by atoms with van der Waals surface area (Å²) < 4.78 is 0. The van der Waals surface area contributed by atoms with Gasteiger partial charge in [-0.05, 0) is 43.2 Å². The number of nitrogens with one attached hydrogen (secondary N) is 2. The number of para-hydroxylation sites is 1. The van der Waals surface area contributed by atoms with Crippen LogP contribution in [0.3, 0.4) is 0 Å². The zero-order valence-corrected chi connectivity index (χ0v) is 14.6. The Hall–Kier alpha value is -2.92. The molecule has 2 aromatic carbocycles. The van der Waals surface area contributed by atoms with Gasteiger partial charge in [0.05, 0.1) is 5.56 Å². The van der Waals surface area contributed by atoms with Gasteiger partial charge in [-0.3, -0.25) is 4.79 Å². The van der Waals surface area contributed by atoms with E-state index in [0.29, 0.717) is 16.5 Å². The summed E-state index contributed by atoms with van der Waals surface area (Å²) in [4.78, 5) is 20.8. The van der Waals surface area contributed by atoms with Gasteiger partial charge >= 0.3 is 0 Å². The lowest BCUT2D eigenvalue weighted by Crippen LogP contribution is -2.14. The Bertz CT molecular complexity index is 889. The molecule has 6 heteroatoms. The molecular formula is C19H17ClN4O. The summed E-state index contributed by atoms with van der Waals surface area (Å²) in [5, 5.41) is 6.58. The molecule has 0 spiro atoms. The molecule has 1 aromatic heterocycles. The lowest BCUT2D eigenvalue weighted by Gasteiger charge is -2.11. The summed E-state index contributed by atoms with van der Waals surface area (Å²) in [6, 6.07) is 13.1. The third-order valence-corrected chi connectivity index (χ3v) is 3.95. The number of hydrogen-bond donors (Lipinski definition) is 2. The first-order chi connectivity index (χ1) is 12.0. The van der Waals surface area contributed by atoms with Crippen LogP contribution >= 0.6 is 11.6 Å². The van der Waals surface area contributed by atoms with Crippen molar-refractivity contribution in [1.82, 2.24) is 9.97 Å². The molecule has 0 aliphatic carbocycles. The van der Waals surface area contributed by atoms with Crippen molar-refractivity contribution in [2.24, 2.45) is 0 Å². The van der Waals surface area contributed by atoms with Crippen LogP contribution in [0.5, 0.6) is 0 Å². The number of halogens is 1. The van der Waals surface area contributed by atoms with E-state index in [-0.39, 0.29) is 5.91 Å². The number of anilines is 3. The normalized spacial score (nSPS) is 10.4. The zero-order valence-electron chi connectivity index (χ0n) is 13.9. The van der Waals surface area contributed by atoms with Crippen molar-refractivity contribution < 1.29 is 4.79 Å². The van der Waals surface area contributed by atoms with Crippen molar-refractivity contribution in [3.05, 3.63) is 76.6 Å². The largest absolute Gasteiger partial charge is 0.324 e. The highest BCUT2D eigenvalue weighted by atomic mass is 35.5. The van der Waals surface area contributed by atoms with E-state index in [2.05, 4.69) is 20.6 Å². The number of carbonyl (C=O) groups is 1. The molecule has 3 rings (SSSR count). The van der Waals surface area contributed by atoms with Gasteiger partial charge in [0.25, 0.3) is 5.91 Å². The number of aryl methyl sites for hydroxylation is 2. The molecule has 0 bridgehead atoms. The van der Waals surface area contributed by atoms with E-state index in [1.807, 2.05) is 44.2 Å². The number of hydrogen-bond acceptors (Lipinski definition) is 4. The number of amides is 1. The Labute approximate surface area is 151 Å². The lowest BCUT2D eigenvalue weighted by atomic mass is 10.1. The second-order valence-corrected chi connectivity index (χ2v) is 6.09. The minimum atomic E-state index is -0.244. The molecule has 0 aliphatic rings. The molecular weight excluding hydrogens is 336 g/mol. The summed E-state index contributed by atoms with van der Waals surface area (Å²) in [7, 11) is 0. The van der Waals surface area contributed by atoms with Gasteiger partial charge in [0.15, 0.2) is 0 Å². The van der Waals surface area contributed by atoms with Crippen LogP contribution in [0.15, 0.2) is 54.9 Å². The van der Waals surface area contributed by atoms with Crippen molar-refractivity contribution in [2.75, 3.05) is 10.6 Å². The molecule has 1 heterocycles. The van der Waals surface area contributed by atoms with E-state index < -0.39 is 0 Å². The highest BCUT2D eigenvalue weighted by Crippen LogP contribution is 2.21. The highest BCUT2D eigenvalue weighted by molar-refractivity contribution is 6.30. The Morgan fingerprint density at radius 2 is 1.64 bits per heavy atom. The minimum absolute atomic E-state index is 0.244. The average Bonchev–Trinajstić information content (AvgIpc) is 2.59. The van der Waals surface area contributed by atoms with Crippen molar-refractivity contribution >= 4 is 34.8 Å². The second kappa shape index (κ2) is 7.32.